The third kappa shape index (κ3) is 6.13. The molecule has 27 heavy (non-hydrogen) atoms. The molecule has 1 aromatic carbocycles. The van der Waals surface area contributed by atoms with Gasteiger partial charge in [0.25, 0.3) is 0 Å². The molecule has 1 atom stereocenters. The predicted octanol–water partition coefficient (Wildman–Crippen LogP) is 3.80. The summed E-state index contributed by atoms with van der Waals surface area (Å²) in [6.07, 6.45) is 7.56. The van der Waals surface area contributed by atoms with Crippen molar-refractivity contribution in [3.05, 3.63) is 28.2 Å². The number of carbonyl (C=O) groups excluding carboxylic acids is 2. The van der Waals surface area contributed by atoms with E-state index in [1.165, 1.54) is 19.3 Å². The lowest BCUT2D eigenvalue weighted by atomic mass is 9.96. The summed E-state index contributed by atoms with van der Waals surface area (Å²) in [5.74, 6) is 0.832. The van der Waals surface area contributed by atoms with E-state index < -0.39 is 0 Å². The first kappa shape index (κ1) is 20.0. The van der Waals surface area contributed by atoms with E-state index in [9.17, 15) is 9.59 Å². The molecule has 1 aromatic rings. The van der Waals surface area contributed by atoms with Crippen LogP contribution >= 0.6 is 15.9 Å². The van der Waals surface area contributed by atoms with Crippen LogP contribution in [0, 0.1) is 0 Å². The molecule has 1 unspecified atom stereocenters. The van der Waals surface area contributed by atoms with Gasteiger partial charge in [-0.2, -0.15) is 0 Å². The lowest BCUT2D eigenvalue weighted by molar-refractivity contribution is -0.122. The largest absolute Gasteiger partial charge is 0.493 e. The Bertz CT molecular complexity index is 662. The molecule has 148 valence electrons. The van der Waals surface area contributed by atoms with Gasteiger partial charge in [-0.3, -0.25) is 4.79 Å². The number of amides is 3. The molecule has 0 radical (unpaired) electrons. The van der Waals surface area contributed by atoms with E-state index in [4.69, 9.17) is 4.74 Å². The average Bonchev–Trinajstić information content (AvgIpc) is 2.66. The number of benzene rings is 1. The molecule has 1 fully saturated rings. The van der Waals surface area contributed by atoms with Crippen molar-refractivity contribution in [2.75, 3.05) is 13.2 Å². The van der Waals surface area contributed by atoms with Crippen LogP contribution in [0.15, 0.2) is 22.7 Å². The second-order valence-electron chi connectivity index (χ2n) is 7.28. The van der Waals surface area contributed by atoms with E-state index >= 15 is 0 Å². The Kier molecular flexibility index (Phi) is 7.38. The maximum Gasteiger partial charge on any atom is 0.315 e. The van der Waals surface area contributed by atoms with E-state index in [1.54, 1.807) is 0 Å². The monoisotopic (exact) mass is 437 g/mol. The molecule has 1 aliphatic carbocycles. The number of halogens is 1. The maximum absolute atomic E-state index is 12.3. The number of urea groups is 1. The minimum atomic E-state index is -0.120. The SMILES string of the molecule is O=C(CCCNC(=O)NC1CCCCC1)NC1CCOc2ccc(Br)cc21. The molecular weight excluding hydrogens is 410 g/mol. The zero-order valence-electron chi connectivity index (χ0n) is 15.6. The topological polar surface area (TPSA) is 79.5 Å². The molecule has 0 saturated heterocycles. The first-order valence-corrected chi connectivity index (χ1v) is 10.7. The van der Waals surface area contributed by atoms with Crippen LogP contribution in [0.4, 0.5) is 4.79 Å². The number of fused-ring (bicyclic) bond motifs is 1. The van der Waals surface area contributed by atoms with Crippen LogP contribution in [0.3, 0.4) is 0 Å². The Morgan fingerprint density at radius 2 is 1.93 bits per heavy atom. The van der Waals surface area contributed by atoms with Gasteiger partial charge in [0.15, 0.2) is 0 Å². The van der Waals surface area contributed by atoms with Crippen molar-refractivity contribution in [1.29, 1.82) is 0 Å². The summed E-state index contributed by atoms with van der Waals surface area (Å²) in [6.45, 7) is 1.10. The first-order chi connectivity index (χ1) is 13.1. The molecule has 0 spiro atoms. The van der Waals surface area contributed by atoms with E-state index in [2.05, 4.69) is 31.9 Å². The number of ether oxygens (including phenoxy) is 1. The molecule has 3 amide bonds. The van der Waals surface area contributed by atoms with Crippen LogP contribution in [-0.2, 0) is 4.79 Å². The van der Waals surface area contributed by atoms with Crippen molar-refractivity contribution in [3.8, 4) is 5.75 Å². The van der Waals surface area contributed by atoms with Crippen LogP contribution in [0.1, 0.15) is 63.0 Å². The summed E-state index contributed by atoms with van der Waals surface area (Å²) in [5, 5.41) is 8.96. The summed E-state index contributed by atoms with van der Waals surface area (Å²) >= 11 is 3.47. The van der Waals surface area contributed by atoms with E-state index in [-0.39, 0.29) is 18.0 Å². The summed E-state index contributed by atoms with van der Waals surface area (Å²) in [5.41, 5.74) is 1.01. The quantitative estimate of drug-likeness (QED) is 0.592. The van der Waals surface area contributed by atoms with E-state index in [0.717, 1.165) is 35.0 Å². The normalized spacial score (nSPS) is 19.5. The third-order valence-corrected chi connectivity index (χ3v) is 5.65. The smallest absolute Gasteiger partial charge is 0.315 e. The van der Waals surface area contributed by atoms with Gasteiger partial charge in [0.1, 0.15) is 5.75 Å². The molecule has 3 N–H and O–H groups in total. The predicted molar refractivity (Wildman–Crippen MR) is 108 cm³/mol. The Morgan fingerprint density at radius 3 is 2.74 bits per heavy atom. The van der Waals surface area contributed by atoms with Gasteiger partial charge < -0.3 is 20.7 Å². The Hall–Kier alpha value is -1.76. The van der Waals surface area contributed by atoms with Crippen molar-refractivity contribution in [3.63, 3.8) is 0 Å². The summed E-state index contributed by atoms with van der Waals surface area (Å²) in [4.78, 5) is 24.2. The number of nitrogens with one attached hydrogen (secondary N) is 3. The fourth-order valence-corrected chi connectivity index (χ4v) is 4.09. The molecule has 1 heterocycles. The Labute approximate surface area is 168 Å². The van der Waals surface area contributed by atoms with Crippen LogP contribution in [0.2, 0.25) is 0 Å². The second-order valence-corrected chi connectivity index (χ2v) is 8.19. The molecule has 3 rings (SSSR count). The number of carbonyl (C=O) groups is 2. The van der Waals surface area contributed by atoms with Gasteiger partial charge >= 0.3 is 6.03 Å². The van der Waals surface area contributed by atoms with Crippen molar-refractivity contribution in [2.45, 2.75) is 63.5 Å². The van der Waals surface area contributed by atoms with Crippen molar-refractivity contribution in [2.24, 2.45) is 0 Å². The highest BCUT2D eigenvalue weighted by Gasteiger charge is 2.23. The highest BCUT2D eigenvalue weighted by atomic mass is 79.9. The molecule has 1 aliphatic heterocycles. The molecule has 7 heteroatoms. The fraction of sp³-hybridized carbons (Fsp3) is 0.600. The van der Waals surface area contributed by atoms with Crippen LogP contribution in [-0.4, -0.2) is 31.1 Å². The lowest BCUT2D eigenvalue weighted by Gasteiger charge is -2.27. The standard InChI is InChI=1S/C20H28BrN3O3/c21-14-8-9-18-16(13-14)17(10-12-27-18)24-19(25)7-4-11-22-20(26)23-15-5-2-1-3-6-15/h8-9,13,15,17H,1-7,10-12H2,(H,24,25)(H2,22,23,26). The zero-order chi connectivity index (χ0) is 19.1. The number of rotatable bonds is 6. The maximum atomic E-state index is 12.3. The van der Waals surface area contributed by atoms with Gasteiger partial charge in [0.2, 0.25) is 5.91 Å². The van der Waals surface area contributed by atoms with Crippen molar-refractivity contribution < 1.29 is 14.3 Å². The summed E-state index contributed by atoms with van der Waals surface area (Å²) < 4.78 is 6.62. The average molecular weight is 438 g/mol. The highest BCUT2D eigenvalue weighted by molar-refractivity contribution is 9.10. The molecule has 0 bridgehead atoms. The molecule has 1 saturated carbocycles. The molecule has 6 nitrogen and oxygen atoms in total. The minimum absolute atomic E-state index is 0.00214. The zero-order valence-corrected chi connectivity index (χ0v) is 17.1. The van der Waals surface area contributed by atoms with Gasteiger partial charge in [-0.25, -0.2) is 4.79 Å². The van der Waals surface area contributed by atoms with Crippen molar-refractivity contribution in [1.82, 2.24) is 16.0 Å². The second kappa shape index (κ2) is 9.97. The molecule has 2 aliphatic rings. The minimum Gasteiger partial charge on any atom is -0.493 e. The van der Waals surface area contributed by atoms with Gasteiger partial charge in [0.05, 0.1) is 12.6 Å². The number of hydrogen-bond donors (Lipinski definition) is 3. The van der Waals surface area contributed by atoms with Crippen molar-refractivity contribution >= 4 is 27.9 Å². The van der Waals surface area contributed by atoms with Crippen LogP contribution in [0.25, 0.3) is 0 Å². The Balaban J connectivity index is 1.35. The molecule has 0 aromatic heterocycles. The highest BCUT2D eigenvalue weighted by Crippen LogP contribution is 2.34. The van der Waals surface area contributed by atoms with Crippen LogP contribution < -0.4 is 20.7 Å². The van der Waals surface area contributed by atoms with Gasteiger partial charge in [0, 0.05) is 35.5 Å². The summed E-state index contributed by atoms with van der Waals surface area (Å²) in [7, 11) is 0. The van der Waals surface area contributed by atoms with Gasteiger partial charge in [-0.1, -0.05) is 35.2 Å². The lowest BCUT2D eigenvalue weighted by Crippen LogP contribution is -2.43. The van der Waals surface area contributed by atoms with Gasteiger partial charge in [-0.15, -0.1) is 0 Å². The van der Waals surface area contributed by atoms with Crippen LogP contribution in [0.5, 0.6) is 5.75 Å². The Morgan fingerprint density at radius 1 is 1.11 bits per heavy atom. The van der Waals surface area contributed by atoms with E-state index in [0.29, 0.717) is 32.0 Å². The third-order valence-electron chi connectivity index (χ3n) is 5.15. The first-order valence-electron chi connectivity index (χ1n) is 9.88. The van der Waals surface area contributed by atoms with E-state index in [1.807, 2.05) is 18.2 Å². The van der Waals surface area contributed by atoms with Gasteiger partial charge in [-0.05, 0) is 37.5 Å². The fourth-order valence-electron chi connectivity index (χ4n) is 3.72. The molecular formula is C20H28BrN3O3. The number of hydrogen-bond acceptors (Lipinski definition) is 3. The summed E-state index contributed by atoms with van der Waals surface area (Å²) in [6, 6.07) is 6.01.